The number of hydrogen-bond acceptors (Lipinski definition) is 4. The van der Waals surface area contributed by atoms with Gasteiger partial charge >= 0.3 is 6.18 Å². The van der Waals surface area contributed by atoms with Gasteiger partial charge in [-0.25, -0.2) is 9.97 Å². The normalized spacial score (nSPS) is 16.7. The summed E-state index contributed by atoms with van der Waals surface area (Å²) in [6.45, 7) is 2.30. The fourth-order valence-electron chi connectivity index (χ4n) is 4.08. The number of imidazole rings is 1. The summed E-state index contributed by atoms with van der Waals surface area (Å²) < 4.78 is 43.0. The van der Waals surface area contributed by atoms with Gasteiger partial charge in [-0.1, -0.05) is 0 Å². The third-order valence-corrected chi connectivity index (χ3v) is 5.57. The van der Waals surface area contributed by atoms with Gasteiger partial charge in [-0.15, -0.1) is 0 Å². The highest BCUT2D eigenvalue weighted by molar-refractivity contribution is 5.80. The molecule has 1 aliphatic heterocycles. The van der Waals surface area contributed by atoms with Crippen molar-refractivity contribution in [1.29, 1.82) is 0 Å². The molecule has 1 aliphatic rings. The van der Waals surface area contributed by atoms with Gasteiger partial charge in [0.2, 0.25) is 0 Å². The molecule has 0 aliphatic carbocycles. The van der Waals surface area contributed by atoms with Gasteiger partial charge in [-0.05, 0) is 43.2 Å². The number of aromatic hydroxyl groups is 1. The Hall–Kier alpha value is -3.36. The number of alkyl halides is 3. The Morgan fingerprint density at radius 3 is 2.80 bits per heavy atom. The standard InChI is InChI=1S/C21H18F3N5O/c1-12-8-14(21(22,23)24)9-17(30)19(12)16-4-2-13-10-29(27-20(13)26-16)15-3-5-18-25-6-7-28(18)11-15/h2,4,6-10,15,30H,3,5,11H2,1H3/t15-/m1/s1. The van der Waals surface area contributed by atoms with Gasteiger partial charge in [-0.2, -0.15) is 18.3 Å². The molecule has 154 valence electrons. The van der Waals surface area contributed by atoms with Gasteiger partial charge in [0.25, 0.3) is 0 Å². The molecule has 0 unspecified atom stereocenters. The Kier molecular flexibility index (Phi) is 4.09. The van der Waals surface area contributed by atoms with Crippen molar-refractivity contribution in [3.8, 4) is 17.0 Å². The highest BCUT2D eigenvalue weighted by Crippen LogP contribution is 2.38. The van der Waals surface area contributed by atoms with Crippen LogP contribution in [0.1, 0.15) is 29.4 Å². The van der Waals surface area contributed by atoms with Crippen molar-refractivity contribution >= 4 is 11.0 Å². The van der Waals surface area contributed by atoms with Crippen LogP contribution in [0.25, 0.3) is 22.3 Å². The zero-order valence-electron chi connectivity index (χ0n) is 16.1. The van der Waals surface area contributed by atoms with Crippen LogP contribution in [0, 0.1) is 6.92 Å². The molecule has 30 heavy (non-hydrogen) atoms. The molecule has 0 fully saturated rings. The molecular weight excluding hydrogens is 395 g/mol. The van der Waals surface area contributed by atoms with E-state index < -0.39 is 17.5 Å². The summed E-state index contributed by atoms with van der Waals surface area (Å²) in [6.07, 6.45) is 2.94. The molecule has 6 nitrogen and oxygen atoms in total. The SMILES string of the molecule is Cc1cc(C(F)(F)F)cc(O)c1-c1ccc2cn([C@@H]3CCc4nccn4C3)nc2n1. The van der Waals surface area contributed by atoms with E-state index in [1.165, 1.54) is 6.92 Å². The fourth-order valence-corrected chi connectivity index (χ4v) is 4.08. The molecule has 3 aromatic heterocycles. The highest BCUT2D eigenvalue weighted by Gasteiger charge is 2.32. The molecular formula is C21H18F3N5O. The van der Waals surface area contributed by atoms with Crippen LogP contribution in [-0.4, -0.2) is 29.4 Å². The molecule has 1 aromatic carbocycles. The number of rotatable bonds is 2. The molecule has 0 saturated heterocycles. The molecule has 0 bridgehead atoms. The summed E-state index contributed by atoms with van der Waals surface area (Å²) in [7, 11) is 0. The number of halogens is 3. The second-order valence-electron chi connectivity index (χ2n) is 7.59. The van der Waals surface area contributed by atoms with Gasteiger partial charge in [0, 0.05) is 42.5 Å². The lowest BCUT2D eigenvalue weighted by Gasteiger charge is -2.23. The van der Waals surface area contributed by atoms with Crippen LogP contribution in [-0.2, 0) is 19.1 Å². The topological polar surface area (TPSA) is 68.8 Å². The number of benzene rings is 1. The molecule has 0 amide bonds. The molecule has 1 N–H and O–H groups in total. The molecule has 4 aromatic rings. The van der Waals surface area contributed by atoms with E-state index in [-0.39, 0.29) is 11.6 Å². The zero-order chi connectivity index (χ0) is 21.0. The minimum atomic E-state index is -4.52. The van der Waals surface area contributed by atoms with E-state index in [9.17, 15) is 18.3 Å². The monoisotopic (exact) mass is 413 g/mol. The number of aryl methyl sites for hydroxylation is 2. The Bertz CT molecular complexity index is 1230. The van der Waals surface area contributed by atoms with E-state index in [1.807, 2.05) is 23.1 Å². The maximum Gasteiger partial charge on any atom is 0.416 e. The Morgan fingerprint density at radius 2 is 2.03 bits per heavy atom. The number of pyridine rings is 1. The van der Waals surface area contributed by atoms with E-state index in [4.69, 9.17) is 0 Å². The lowest BCUT2D eigenvalue weighted by atomic mass is 10.00. The van der Waals surface area contributed by atoms with E-state index in [0.29, 0.717) is 16.9 Å². The van der Waals surface area contributed by atoms with Crippen molar-refractivity contribution in [1.82, 2.24) is 24.3 Å². The number of phenols is 1. The van der Waals surface area contributed by atoms with Crippen LogP contribution in [0.3, 0.4) is 0 Å². The third-order valence-electron chi connectivity index (χ3n) is 5.57. The summed E-state index contributed by atoms with van der Waals surface area (Å²) >= 11 is 0. The minimum absolute atomic E-state index is 0.172. The molecule has 0 spiro atoms. The number of phenolic OH excluding ortho intramolecular Hbond substituents is 1. The maximum atomic E-state index is 13.0. The summed E-state index contributed by atoms with van der Waals surface area (Å²) in [5.41, 5.74) is 0.566. The van der Waals surface area contributed by atoms with E-state index >= 15 is 0 Å². The van der Waals surface area contributed by atoms with Crippen LogP contribution in [0.15, 0.2) is 42.9 Å². The molecule has 5 rings (SSSR count). The van der Waals surface area contributed by atoms with E-state index in [2.05, 4.69) is 19.6 Å². The number of aromatic nitrogens is 5. The highest BCUT2D eigenvalue weighted by atomic mass is 19.4. The zero-order valence-corrected chi connectivity index (χ0v) is 16.1. The van der Waals surface area contributed by atoms with Crippen LogP contribution in [0.5, 0.6) is 5.75 Å². The first-order chi connectivity index (χ1) is 14.3. The Morgan fingerprint density at radius 1 is 1.20 bits per heavy atom. The van der Waals surface area contributed by atoms with Crippen molar-refractivity contribution in [2.45, 2.75) is 38.5 Å². The molecule has 9 heteroatoms. The lowest BCUT2D eigenvalue weighted by molar-refractivity contribution is -0.137. The summed E-state index contributed by atoms with van der Waals surface area (Å²) in [5, 5.41) is 15.7. The van der Waals surface area contributed by atoms with Crippen LogP contribution in [0.2, 0.25) is 0 Å². The lowest BCUT2D eigenvalue weighted by Crippen LogP contribution is -2.23. The number of fused-ring (bicyclic) bond motifs is 2. The van der Waals surface area contributed by atoms with Gasteiger partial charge in [0.05, 0.1) is 17.3 Å². The molecule has 0 radical (unpaired) electrons. The predicted molar refractivity (Wildman–Crippen MR) is 104 cm³/mol. The average molecular weight is 413 g/mol. The van der Waals surface area contributed by atoms with E-state index in [0.717, 1.165) is 42.7 Å². The first kappa shape index (κ1) is 18.7. The van der Waals surface area contributed by atoms with Gasteiger partial charge in [-0.3, -0.25) is 4.68 Å². The van der Waals surface area contributed by atoms with Gasteiger partial charge in [0.15, 0.2) is 5.65 Å². The Balaban J connectivity index is 1.51. The van der Waals surface area contributed by atoms with Crippen LogP contribution in [0.4, 0.5) is 13.2 Å². The van der Waals surface area contributed by atoms with Crippen LogP contribution < -0.4 is 0 Å². The fraction of sp³-hybridized carbons (Fsp3) is 0.286. The number of nitrogens with zero attached hydrogens (tertiary/aromatic N) is 5. The second kappa shape index (κ2) is 6.58. The van der Waals surface area contributed by atoms with Crippen molar-refractivity contribution in [3.63, 3.8) is 0 Å². The quantitative estimate of drug-likeness (QED) is 0.525. The van der Waals surface area contributed by atoms with Crippen molar-refractivity contribution in [2.75, 3.05) is 0 Å². The van der Waals surface area contributed by atoms with E-state index in [1.54, 1.807) is 12.3 Å². The summed E-state index contributed by atoms with van der Waals surface area (Å²) in [5.74, 6) is 0.616. The summed E-state index contributed by atoms with van der Waals surface area (Å²) in [4.78, 5) is 8.85. The number of hydrogen-bond donors (Lipinski definition) is 1. The van der Waals surface area contributed by atoms with Gasteiger partial charge in [0.1, 0.15) is 11.6 Å². The molecule has 1 atom stereocenters. The van der Waals surface area contributed by atoms with Crippen molar-refractivity contribution in [3.05, 3.63) is 59.8 Å². The maximum absolute atomic E-state index is 13.0. The smallest absolute Gasteiger partial charge is 0.416 e. The predicted octanol–water partition coefficient (Wildman–Crippen LogP) is 4.52. The Labute approximate surface area is 169 Å². The minimum Gasteiger partial charge on any atom is -0.507 e. The first-order valence-electron chi connectivity index (χ1n) is 9.57. The van der Waals surface area contributed by atoms with Gasteiger partial charge < -0.3 is 9.67 Å². The average Bonchev–Trinajstić information content (AvgIpc) is 3.32. The first-order valence-corrected chi connectivity index (χ1v) is 9.57. The van der Waals surface area contributed by atoms with Crippen molar-refractivity contribution in [2.24, 2.45) is 0 Å². The van der Waals surface area contributed by atoms with Crippen molar-refractivity contribution < 1.29 is 18.3 Å². The molecule has 4 heterocycles. The largest absolute Gasteiger partial charge is 0.507 e. The van der Waals surface area contributed by atoms with Crippen LogP contribution >= 0.6 is 0 Å². The summed E-state index contributed by atoms with van der Waals surface area (Å²) in [6, 6.07) is 5.44. The second-order valence-corrected chi connectivity index (χ2v) is 7.59. The molecule has 0 saturated carbocycles. The third kappa shape index (κ3) is 3.10.